The van der Waals surface area contributed by atoms with Crippen LogP contribution in [-0.4, -0.2) is 58.5 Å². The summed E-state index contributed by atoms with van der Waals surface area (Å²) >= 11 is 1.29. The lowest BCUT2D eigenvalue weighted by Gasteiger charge is -2.12. The van der Waals surface area contributed by atoms with Crippen molar-refractivity contribution in [1.82, 2.24) is 14.9 Å². The van der Waals surface area contributed by atoms with E-state index in [0.29, 0.717) is 46.1 Å². The second-order valence-corrected chi connectivity index (χ2v) is 8.10. The number of hydrogen-bond acceptors (Lipinski definition) is 9. The molecule has 0 spiro atoms. The van der Waals surface area contributed by atoms with E-state index in [1.807, 2.05) is 0 Å². The minimum atomic E-state index is -3.20. The first-order valence-electron chi connectivity index (χ1n) is 7.62. The van der Waals surface area contributed by atoms with Crippen LogP contribution in [0.3, 0.4) is 0 Å². The van der Waals surface area contributed by atoms with Crippen molar-refractivity contribution < 1.29 is 27.0 Å². The Morgan fingerprint density at radius 1 is 1.12 bits per heavy atom. The van der Waals surface area contributed by atoms with Crippen molar-refractivity contribution in [1.29, 1.82) is 0 Å². The molecule has 1 aromatic carbocycles. The zero-order valence-corrected chi connectivity index (χ0v) is 16.6. The molecular formula is C15H21N3O6S2. The number of nitrogens with one attached hydrogen (secondary N) is 1. The fraction of sp³-hybridized carbons (Fsp3) is 0.467. The first-order valence-corrected chi connectivity index (χ1v) is 10.3. The summed E-state index contributed by atoms with van der Waals surface area (Å²) < 4.78 is 46.5. The van der Waals surface area contributed by atoms with Gasteiger partial charge in [-0.25, -0.2) is 13.1 Å². The molecule has 0 saturated heterocycles. The van der Waals surface area contributed by atoms with Crippen molar-refractivity contribution in [3.63, 3.8) is 0 Å². The summed E-state index contributed by atoms with van der Waals surface area (Å²) in [4.78, 5) is 0. The number of ether oxygens (including phenoxy) is 3. The van der Waals surface area contributed by atoms with Crippen LogP contribution in [0.1, 0.15) is 6.42 Å². The molecule has 0 aliphatic rings. The van der Waals surface area contributed by atoms with Crippen molar-refractivity contribution >= 4 is 21.8 Å². The minimum Gasteiger partial charge on any atom is -0.493 e. The van der Waals surface area contributed by atoms with Gasteiger partial charge in [0, 0.05) is 11.3 Å². The number of hydrogen-bond donors (Lipinski definition) is 1. The second kappa shape index (κ2) is 9.10. The van der Waals surface area contributed by atoms with E-state index >= 15 is 0 Å². The molecule has 0 aliphatic carbocycles. The summed E-state index contributed by atoms with van der Waals surface area (Å²) in [6.45, 7) is 0. The Morgan fingerprint density at radius 3 is 2.31 bits per heavy atom. The molecular weight excluding hydrogens is 382 g/mol. The van der Waals surface area contributed by atoms with E-state index < -0.39 is 10.0 Å². The van der Waals surface area contributed by atoms with E-state index in [1.54, 1.807) is 12.1 Å². The third-order valence-corrected chi connectivity index (χ3v) is 5.76. The highest BCUT2D eigenvalue weighted by Gasteiger charge is 2.17. The summed E-state index contributed by atoms with van der Waals surface area (Å²) in [7, 11) is 2.76. The van der Waals surface area contributed by atoms with E-state index in [-0.39, 0.29) is 5.75 Å². The normalized spacial score (nSPS) is 11.4. The van der Waals surface area contributed by atoms with Crippen LogP contribution >= 0.6 is 11.8 Å². The van der Waals surface area contributed by atoms with Gasteiger partial charge in [-0.15, -0.1) is 10.2 Å². The largest absolute Gasteiger partial charge is 0.493 e. The smallest absolute Gasteiger partial charge is 0.276 e. The van der Waals surface area contributed by atoms with Gasteiger partial charge in [-0.3, -0.25) is 0 Å². The predicted molar refractivity (Wildman–Crippen MR) is 97.6 cm³/mol. The fourth-order valence-electron chi connectivity index (χ4n) is 2.10. The quantitative estimate of drug-likeness (QED) is 0.468. The van der Waals surface area contributed by atoms with Crippen molar-refractivity contribution in [3.8, 4) is 28.7 Å². The molecule has 26 heavy (non-hydrogen) atoms. The molecule has 144 valence electrons. The molecule has 0 fully saturated rings. The molecule has 1 N–H and O–H groups in total. The molecule has 0 atom stereocenters. The molecule has 2 rings (SSSR count). The SMILES string of the molecule is CNS(=O)(=O)CCCSc1nnc(-c2cc(OC)c(OC)c(OC)c2)o1. The van der Waals surface area contributed by atoms with Crippen molar-refractivity contribution in [2.45, 2.75) is 11.6 Å². The van der Waals surface area contributed by atoms with Gasteiger partial charge in [0.1, 0.15) is 0 Å². The highest BCUT2D eigenvalue weighted by molar-refractivity contribution is 7.99. The van der Waals surface area contributed by atoms with Gasteiger partial charge < -0.3 is 18.6 Å². The lowest BCUT2D eigenvalue weighted by atomic mass is 10.2. The van der Waals surface area contributed by atoms with E-state index in [9.17, 15) is 8.42 Å². The van der Waals surface area contributed by atoms with Gasteiger partial charge in [0.05, 0.1) is 27.1 Å². The average molecular weight is 403 g/mol. The maximum Gasteiger partial charge on any atom is 0.276 e. The Kier molecular flexibility index (Phi) is 7.12. The van der Waals surface area contributed by atoms with E-state index in [4.69, 9.17) is 18.6 Å². The van der Waals surface area contributed by atoms with Crippen LogP contribution in [0.5, 0.6) is 17.2 Å². The van der Waals surface area contributed by atoms with E-state index in [1.165, 1.54) is 40.1 Å². The van der Waals surface area contributed by atoms with Gasteiger partial charge in [-0.2, -0.15) is 0 Å². The molecule has 11 heteroatoms. The highest BCUT2D eigenvalue weighted by Crippen LogP contribution is 2.41. The van der Waals surface area contributed by atoms with Gasteiger partial charge >= 0.3 is 0 Å². The third-order valence-electron chi connectivity index (χ3n) is 3.41. The van der Waals surface area contributed by atoms with Crippen LogP contribution in [0.2, 0.25) is 0 Å². The molecule has 9 nitrogen and oxygen atoms in total. The number of rotatable bonds is 10. The second-order valence-electron chi connectivity index (χ2n) is 5.01. The Balaban J connectivity index is 2.09. The first kappa shape index (κ1) is 20.3. The molecule has 0 radical (unpaired) electrons. The third kappa shape index (κ3) is 5.02. The number of benzene rings is 1. The van der Waals surface area contributed by atoms with Crippen molar-refractivity contribution in [3.05, 3.63) is 12.1 Å². The summed E-state index contributed by atoms with van der Waals surface area (Å²) in [6.07, 6.45) is 0.468. The van der Waals surface area contributed by atoms with Crippen LogP contribution in [0, 0.1) is 0 Å². The molecule has 1 aromatic heterocycles. The average Bonchev–Trinajstić information content (AvgIpc) is 3.13. The van der Waals surface area contributed by atoms with E-state index in [0.717, 1.165) is 0 Å². The Morgan fingerprint density at radius 2 is 1.77 bits per heavy atom. The number of aromatic nitrogens is 2. The fourth-order valence-corrected chi connectivity index (χ4v) is 3.71. The lowest BCUT2D eigenvalue weighted by molar-refractivity contribution is 0.324. The minimum absolute atomic E-state index is 0.0460. The van der Waals surface area contributed by atoms with Gasteiger partial charge in [-0.05, 0) is 25.6 Å². The molecule has 0 saturated carbocycles. The molecule has 0 bridgehead atoms. The maximum absolute atomic E-state index is 11.4. The molecule has 2 aromatic rings. The standard InChI is InChI=1S/C15H21N3O6S2/c1-16-26(19,20)7-5-6-25-15-18-17-14(24-15)10-8-11(21-2)13(23-4)12(9-10)22-3/h8-9,16H,5-7H2,1-4H3. The molecule has 0 amide bonds. The van der Waals surface area contributed by atoms with Gasteiger partial charge in [0.15, 0.2) is 11.5 Å². The summed E-state index contributed by atoms with van der Waals surface area (Å²) in [6, 6.07) is 3.42. The van der Waals surface area contributed by atoms with E-state index in [2.05, 4.69) is 14.9 Å². The first-order chi connectivity index (χ1) is 12.4. The lowest BCUT2D eigenvalue weighted by Crippen LogP contribution is -2.22. The van der Waals surface area contributed by atoms with Crippen LogP contribution in [0.15, 0.2) is 21.8 Å². The number of sulfonamides is 1. The zero-order chi connectivity index (χ0) is 19.2. The number of methoxy groups -OCH3 is 3. The summed E-state index contributed by atoms with van der Waals surface area (Å²) in [5, 5.41) is 8.34. The van der Waals surface area contributed by atoms with Crippen molar-refractivity contribution in [2.24, 2.45) is 0 Å². The van der Waals surface area contributed by atoms with Crippen LogP contribution in [0.4, 0.5) is 0 Å². The topological polar surface area (TPSA) is 113 Å². The maximum atomic E-state index is 11.4. The predicted octanol–water partition coefficient (Wildman–Crippen LogP) is 1.79. The number of nitrogens with zero attached hydrogens (tertiary/aromatic N) is 2. The molecule has 0 aliphatic heterocycles. The number of thioether (sulfide) groups is 1. The summed E-state index contributed by atoms with van der Waals surface area (Å²) in [5.74, 6) is 2.31. The molecule has 1 heterocycles. The van der Waals surface area contributed by atoms with Crippen LogP contribution in [-0.2, 0) is 10.0 Å². The molecule has 0 unspecified atom stereocenters. The Labute approximate surface area is 156 Å². The highest BCUT2D eigenvalue weighted by atomic mass is 32.2. The monoisotopic (exact) mass is 403 g/mol. The Hall–Kier alpha value is -1.98. The zero-order valence-electron chi connectivity index (χ0n) is 14.9. The van der Waals surface area contributed by atoms with Crippen molar-refractivity contribution in [2.75, 3.05) is 39.9 Å². The van der Waals surface area contributed by atoms with Crippen LogP contribution < -0.4 is 18.9 Å². The van der Waals surface area contributed by atoms with Gasteiger partial charge in [0.25, 0.3) is 5.22 Å². The summed E-state index contributed by atoms with van der Waals surface area (Å²) in [5.41, 5.74) is 0.622. The van der Waals surface area contributed by atoms with Crippen LogP contribution in [0.25, 0.3) is 11.5 Å². The van der Waals surface area contributed by atoms with Gasteiger partial charge in [-0.1, -0.05) is 11.8 Å². The Bertz CT molecular complexity index is 813. The van der Waals surface area contributed by atoms with Gasteiger partial charge in [0.2, 0.25) is 21.7 Å².